The molecule has 0 aliphatic carbocycles. The van der Waals surface area contributed by atoms with Gasteiger partial charge in [0.05, 0.1) is 20.3 Å². The zero-order chi connectivity index (χ0) is 24.3. The fourth-order valence-corrected chi connectivity index (χ4v) is 4.37. The third-order valence-electron chi connectivity index (χ3n) is 6.31. The molecule has 2 N–H and O–H groups in total. The van der Waals surface area contributed by atoms with Crippen LogP contribution in [-0.4, -0.2) is 61.6 Å². The summed E-state index contributed by atoms with van der Waals surface area (Å²) in [7, 11) is 3.17. The number of ketones is 1. The molecule has 1 heterocycles. The number of aliphatic hydroxyl groups is 1. The molecule has 2 aromatic rings. The van der Waals surface area contributed by atoms with Gasteiger partial charge in [0.25, 0.3) is 0 Å². The summed E-state index contributed by atoms with van der Waals surface area (Å²) >= 11 is 0. The molecule has 0 bridgehead atoms. The molecular formula is C27H36N2O5. The van der Waals surface area contributed by atoms with Crippen LogP contribution < -0.4 is 14.8 Å². The minimum absolute atomic E-state index is 0.0570. The van der Waals surface area contributed by atoms with Crippen LogP contribution in [0, 0.1) is 0 Å². The van der Waals surface area contributed by atoms with E-state index in [1.165, 1.54) is 0 Å². The van der Waals surface area contributed by atoms with Gasteiger partial charge in [-0.3, -0.25) is 9.59 Å². The number of nitrogens with zero attached hydrogens (tertiary/aromatic N) is 1. The van der Waals surface area contributed by atoms with Crippen LogP contribution in [0.4, 0.5) is 0 Å². The number of amides is 1. The molecule has 7 nitrogen and oxygen atoms in total. The maximum absolute atomic E-state index is 12.7. The summed E-state index contributed by atoms with van der Waals surface area (Å²) in [6, 6.07) is 14.0. The highest BCUT2D eigenvalue weighted by atomic mass is 16.5. The Morgan fingerprint density at radius 3 is 2.32 bits per heavy atom. The zero-order valence-electron chi connectivity index (χ0n) is 20.2. The van der Waals surface area contributed by atoms with Crippen molar-refractivity contribution in [2.45, 2.75) is 50.7 Å². The highest BCUT2D eigenvalue weighted by Crippen LogP contribution is 2.28. The molecule has 7 heteroatoms. The van der Waals surface area contributed by atoms with E-state index < -0.39 is 12.1 Å². The van der Waals surface area contributed by atoms with Crippen molar-refractivity contribution in [2.24, 2.45) is 0 Å². The number of carbonyl (C=O) groups excluding carboxylic acids is 2. The fourth-order valence-electron chi connectivity index (χ4n) is 4.37. The number of nitrogens with one attached hydrogen (secondary N) is 1. The normalized spacial score (nSPS) is 15.5. The predicted molar refractivity (Wildman–Crippen MR) is 131 cm³/mol. The lowest BCUT2D eigenvalue weighted by molar-refractivity contribution is -0.123. The highest BCUT2D eigenvalue weighted by molar-refractivity contribution is 5.96. The molecule has 34 heavy (non-hydrogen) atoms. The molecule has 184 valence electrons. The van der Waals surface area contributed by atoms with E-state index in [1.807, 2.05) is 24.3 Å². The molecule has 1 aliphatic heterocycles. The molecule has 0 aromatic heterocycles. The number of aliphatic hydroxyl groups excluding tert-OH is 1. The molecule has 0 saturated carbocycles. The van der Waals surface area contributed by atoms with Crippen molar-refractivity contribution in [1.82, 2.24) is 10.2 Å². The van der Waals surface area contributed by atoms with Crippen LogP contribution in [-0.2, 0) is 4.79 Å². The summed E-state index contributed by atoms with van der Waals surface area (Å²) < 4.78 is 10.5. The van der Waals surface area contributed by atoms with Gasteiger partial charge in [0.2, 0.25) is 5.91 Å². The second-order valence-corrected chi connectivity index (χ2v) is 8.73. The number of methoxy groups -OCH3 is 2. The number of ether oxygens (including phenoxy) is 2. The van der Waals surface area contributed by atoms with E-state index in [4.69, 9.17) is 9.47 Å². The molecule has 1 amide bonds. The summed E-state index contributed by atoms with van der Waals surface area (Å²) in [5.41, 5.74) is 1.32. The van der Waals surface area contributed by atoms with Crippen molar-refractivity contribution in [2.75, 3.05) is 33.9 Å². The maximum atomic E-state index is 12.7. The molecule has 0 spiro atoms. The lowest BCUT2D eigenvalue weighted by atomic mass is 10.00. The van der Waals surface area contributed by atoms with Gasteiger partial charge in [0.1, 0.15) is 17.6 Å². The Hall–Kier alpha value is -2.90. The average molecular weight is 469 g/mol. The van der Waals surface area contributed by atoms with Gasteiger partial charge in [-0.2, -0.15) is 0 Å². The Labute approximate surface area is 202 Å². The second-order valence-electron chi connectivity index (χ2n) is 8.73. The van der Waals surface area contributed by atoms with Gasteiger partial charge in [-0.05, 0) is 69.1 Å². The van der Waals surface area contributed by atoms with Crippen molar-refractivity contribution in [3.8, 4) is 11.5 Å². The van der Waals surface area contributed by atoms with Crippen LogP contribution in [0.3, 0.4) is 0 Å². The maximum Gasteiger partial charge on any atom is 0.220 e. The molecule has 1 fully saturated rings. The van der Waals surface area contributed by atoms with E-state index in [-0.39, 0.29) is 11.7 Å². The number of carbonyl (C=O) groups is 2. The molecule has 0 radical (unpaired) electrons. The van der Waals surface area contributed by atoms with Gasteiger partial charge in [-0.25, -0.2) is 0 Å². The molecule has 1 saturated heterocycles. The van der Waals surface area contributed by atoms with E-state index in [9.17, 15) is 14.7 Å². The van der Waals surface area contributed by atoms with Gasteiger partial charge in [0.15, 0.2) is 5.78 Å². The van der Waals surface area contributed by atoms with Crippen molar-refractivity contribution < 1.29 is 24.2 Å². The van der Waals surface area contributed by atoms with E-state index >= 15 is 0 Å². The van der Waals surface area contributed by atoms with Gasteiger partial charge < -0.3 is 24.8 Å². The van der Waals surface area contributed by atoms with Crippen molar-refractivity contribution >= 4 is 11.7 Å². The third kappa shape index (κ3) is 7.30. The Balaban J connectivity index is 1.52. The van der Waals surface area contributed by atoms with E-state index in [1.54, 1.807) is 38.5 Å². The van der Waals surface area contributed by atoms with E-state index in [0.717, 1.165) is 25.9 Å². The number of benzene rings is 2. The predicted octanol–water partition coefficient (Wildman–Crippen LogP) is 3.76. The van der Waals surface area contributed by atoms with Crippen molar-refractivity contribution in [3.63, 3.8) is 0 Å². The topological polar surface area (TPSA) is 88.1 Å². The van der Waals surface area contributed by atoms with E-state index in [2.05, 4.69) is 10.2 Å². The second kappa shape index (κ2) is 13.1. The Morgan fingerprint density at radius 1 is 0.971 bits per heavy atom. The van der Waals surface area contributed by atoms with Gasteiger partial charge in [-0.15, -0.1) is 0 Å². The van der Waals surface area contributed by atoms with Gasteiger partial charge in [-0.1, -0.05) is 18.2 Å². The number of Topliss-reactive ketones (excluding diaryl/α,β-unsaturated/α-hetero) is 1. The first kappa shape index (κ1) is 25.7. The van der Waals surface area contributed by atoms with E-state index in [0.29, 0.717) is 54.9 Å². The lowest BCUT2D eigenvalue weighted by Crippen LogP contribution is -2.46. The average Bonchev–Trinajstić information content (AvgIpc) is 3.39. The Kier molecular flexibility index (Phi) is 9.91. The van der Waals surface area contributed by atoms with Crippen LogP contribution in [0.15, 0.2) is 48.5 Å². The summed E-state index contributed by atoms with van der Waals surface area (Å²) in [6.45, 7) is 2.53. The molecule has 1 aliphatic rings. The monoisotopic (exact) mass is 468 g/mol. The summed E-state index contributed by atoms with van der Waals surface area (Å²) in [5.74, 6) is 1.26. The number of rotatable bonds is 13. The number of hydrogen-bond donors (Lipinski definition) is 2. The molecular weight excluding hydrogens is 432 g/mol. The highest BCUT2D eigenvalue weighted by Gasteiger charge is 2.28. The number of likely N-dealkylation sites (tertiary alicyclic amines) is 1. The summed E-state index contributed by atoms with van der Waals surface area (Å²) in [4.78, 5) is 27.4. The minimum Gasteiger partial charge on any atom is -0.497 e. The van der Waals surface area contributed by atoms with Crippen LogP contribution in [0.1, 0.15) is 60.6 Å². The van der Waals surface area contributed by atoms with Gasteiger partial charge >= 0.3 is 0 Å². The first-order valence-electron chi connectivity index (χ1n) is 12.0. The van der Waals surface area contributed by atoms with Crippen LogP contribution in [0.5, 0.6) is 11.5 Å². The Bertz CT molecular complexity index is 925. The third-order valence-corrected chi connectivity index (χ3v) is 6.31. The molecule has 0 unspecified atom stereocenters. The van der Waals surface area contributed by atoms with Crippen LogP contribution in [0.2, 0.25) is 0 Å². The van der Waals surface area contributed by atoms with Gasteiger partial charge in [0, 0.05) is 30.5 Å². The lowest BCUT2D eigenvalue weighted by Gasteiger charge is -2.29. The zero-order valence-corrected chi connectivity index (χ0v) is 20.2. The fraction of sp³-hybridized carbons (Fsp3) is 0.481. The number of para-hydroxylation sites is 1. The molecule has 3 rings (SSSR count). The van der Waals surface area contributed by atoms with Crippen LogP contribution >= 0.6 is 0 Å². The molecule has 2 aromatic carbocycles. The smallest absolute Gasteiger partial charge is 0.220 e. The summed E-state index contributed by atoms with van der Waals surface area (Å²) in [5, 5.41) is 14.2. The Morgan fingerprint density at radius 2 is 1.65 bits per heavy atom. The first-order valence-corrected chi connectivity index (χ1v) is 12.0. The minimum atomic E-state index is -0.877. The largest absolute Gasteiger partial charge is 0.497 e. The number of hydrogen-bond acceptors (Lipinski definition) is 6. The van der Waals surface area contributed by atoms with Crippen molar-refractivity contribution in [3.05, 3.63) is 59.7 Å². The summed E-state index contributed by atoms with van der Waals surface area (Å²) in [6.07, 6.45) is 3.32. The quantitative estimate of drug-likeness (QED) is 0.344. The standard InChI is InChI=1S/C27H36N2O5/c1-33-21-15-13-20(14-16-21)24(30)10-4-6-12-26(31)28-23(19-29-17-7-8-18-29)27(32)22-9-3-5-11-25(22)34-2/h3,5,9,11,13-16,23,27,32H,4,6-8,10,12,17-19H2,1-2H3,(H,28,31)/t23-,27-/m1/s1. The first-order chi connectivity index (χ1) is 16.5. The number of unbranched alkanes of at least 4 members (excludes halogenated alkanes) is 1. The van der Waals surface area contributed by atoms with Crippen molar-refractivity contribution in [1.29, 1.82) is 0 Å². The SMILES string of the molecule is COc1ccc(C(=O)CCCCC(=O)N[C@H](CN2CCCC2)[C@H](O)c2ccccc2OC)cc1. The molecule has 2 atom stereocenters. The van der Waals surface area contributed by atoms with Crippen LogP contribution in [0.25, 0.3) is 0 Å².